The highest BCUT2D eigenvalue weighted by atomic mass is 32.2. The van der Waals surface area contributed by atoms with Crippen LogP contribution in [-0.2, 0) is 14.8 Å². The Balaban J connectivity index is 1.47. The standard InChI is InChI=1S/C19H20N4O5S/c1-12(18(24)22-19-20-14-5-2-3-6-15(14)21-19)23-29(25,26)13-7-8-16-17(11-13)28-10-4-9-27-16/h2-3,5-8,11-12,23H,4,9-10H2,1H3,(H2,20,21,22,24)/t12-/m1/s1. The Morgan fingerprint density at radius 2 is 1.90 bits per heavy atom. The Bertz CT molecular complexity index is 1130. The summed E-state index contributed by atoms with van der Waals surface area (Å²) in [4.78, 5) is 19.6. The molecule has 3 N–H and O–H groups in total. The van der Waals surface area contributed by atoms with Gasteiger partial charge in [0.05, 0.1) is 35.2 Å². The molecule has 2 heterocycles. The molecule has 4 rings (SSSR count). The van der Waals surface area contributed by atoms with Gasteiger partial charge in [-0.1, -0.05) is 12.1 Å². The van der Waals surface area contributed by atoms with Gasteiger partial charge in [-0.05, 0) is 31.2 Å². The number of para-hydroxylation sites is 2. The van der Waals surface area contributed by atoms with Crippen molar-refractivity contribution in [1.29, 1.82) is 0 Å². The molecular formula is C19H20N4O5S. The van der Waals surface area contributed by atoms with E-state index in [1.165, 1.54) is 19.1 Å². The number of carbonyl (C=O) groups excluding carboxylic acids is 1. The van der Waals surface area contributed by atoms with E-state index in [9.17, 15) is 13.2 Å². The van der Waals surface area contributed by atoms with E-state index in [2.05, 4.69) is 20.0 Å². The number of benzene rings is 2. The molecule has 0 aliphatic carbocycles. The zero-order valence-corrected chi connectivity index (χ0v) is 16.5. The Labute approximate surface area is 167 Å². The van der Waals surface area contributed by atoms with Crippen molar-refractivity contribution >= 4 is 32.9 Å². The Morgan fingerprint density at radius 3 is 2.69 bits per heavy atom. The molecule has 152 valence electrons. The number of H-pyrrole nitrogens is 1. The van der Waals surface area contributed by atoms with Gasteiger partial charge in [0.15, 0.2) is 11.5 Å². The van der Waals surface area contributed by atoms with Crippen molar-refractivity contribution in [3.8, 4) is 11.5 Å². The van der Waals surface area contributed by atoms with Crippen LogP contribution < -0.4 is 19.5 Å². The van der Waals surface area contributed by atoms with Crippen LogP contribution in [0.15, 0.2) is 47.4 Å². The number of aromatic amines is 1. The maximum absolute atomic E-state index is 12.7. The highest BCUT2D eigenvalue weighted by Crippen LogP contribution is 2.31. The lowest BCUT2D eigenvalue weighted by Crippen LogP contribution is -2.41. The smallest absolute Gasteiger partial charge is 0.244 e. The SMILES string of the molecule is C[C@@H](NS(=O)(=O)c1ccc2c(c1)OCCCO2)C(=O)Nc1nc2ccccc2[nH]1. The maximum atomic E-state index is 12.7. The highest BCUT2D eigenvalue weighted by molar-refractivity contribution is 7.89. The van der Waals surface area contributed by atoms with Gasteiger partial charge in [0.2, 0.25) is 21.9 Å². The average molecular weight is 416 g/mol. The number of hydrogen-bond acceptors (Lipinski definition) is 6. The number of anilines is 1. The van der Waals surface area contributed by atoms with E-state index < -0.39 is 22.0 Å². The third-order valence-electron chi connectivity index (χ3n) is 4.39. The van der Waals surface area contributed by atoms with Crippen molar-refractivity contribution in [2.45, 2.75) is 24.3 Å². The molecular weight excluding hydrogens is 396 g/mol. The molecule has 0 spiro atoms. The van der Waals surface area contributed by atoms with Crippen molar-refractivity contribution in [2.24, 2.45) is 0 Å². The molecule has 3 aromatic rings. The van der Waals surface area contributed by atoms with E-state index in [1.807, 2.05) is 18.2 Å². The van der Waals surface area contributed by atoms with Crippen LogP contribution in [0.4, 0.5) is 5.95 Å². The van der Waals surface area contributed by atoms with E-state index in [0.29, 0.717) is 36.7 Å². The van der Waals surface area contributed by atoms with E-state index in [4.69, 9.17) is 9.47 Å². The Hall–Kier alpha value is -3.11. The number of amides is 1. The van der Waals surface area contributed by atoms with Crippen molar-refractivity contribution in [3.05, 3.63) is 42.5 Å². The van der Waals surface area contributed by atoms with Gasteiger partial charge in [0, 0.05) is 12.5 Å². The second-order valence-corrected chi connectivity index (χ2v) is 8.31. The fourth-order valence-corrected chi connectivity index (χ4v) is 4.12. The molecule has 0 unspecified atom stereocenters. The van der Waals surface area contributed by atoms with Crippen molar-refractivity contribution in [2.75, 3.05) is 18.5 Å². The van der Waals surface area contributed by atoms with Crippen LogP contribution in [0.25, 0.3) is 11.0 Å². The van der Waals surface area contributed by atoms with Gasteiger partial charge in [-0.25, -0.2) is 13.4 Å². The lowest BCUT2D eigenvalue weighted by atomic mass is 10.3. The second-order valence-electron chi connectivity index (χ2n) is 6.59. The van der Waals surface area contributed by atoms with E-state index in [0.717, 1.165) is 5.52 Å². The van der Waals surface area contributed by atoms with Gasteiger partial charge in [-0.2, -0.15) is 4.72 Å². The van der Waals surface area contributed by atoms with Crippen LogP contribution in [-0.4, -0.2) is 43.5 Å². The first kappa shape index (κ1) is 19.2. The average Bonchev–Trinajstić information content (AvgIpc) is 2.94. The molecule has 1 atom stereocenters. The maximum Gasteiger partial charge on any atom is 0.244 e. The molecule has 0 saturated carbocycles. The highest BCUT2D eigenvalue weighted by Gasteiger charge is 2.24. The van der Waals surface area contributed by atoms with Gasteiger partial charge in [-0.15, -0.1) is 0 Å². The zero-order valence-electron chi connectivity index (χ0n) is 15.6. The third-order valence-corrected chi connectivity index (χ3v) is 5.92. The topological polar surface area (TPSA) is 122 Å². The molecule has 2 aromatic carbocycles. The first-order chi connectivity index (χ1) is 13.9. The van der Waals surface area contributed by atoms with Gasteiger partial charge in [0.1, 0.15) is 0 Å². The van der Waals surface area contributed by atoms with Gasteiger partial charge < -0.3 is 14.5 Å². The number of hydrogen-bond donors (Lipinski definition) is 3. The normalized spacial score (nSPS) is 14.9. The first-order valence-electron chi connectivity index (χ1n) is 9.10. The molecule has 0 bridgehead atoms. The number of imidazole rings is 1. The lowest BCUT2D eigenvalue weighted by Gasteiger charge is -2.15. The van der Waals surface area contributed by atoms with E-state index >= 15 is 0 Å². The van der Waals surface area contributed by atoms with Gasteiger partial charge >= 0.3 is 0 Å². The summed E-state index contributed by atoms with van der Waals surface area (Å²) in [5.41, 5.74) is 1.46. The summed E-state index contributed by atoms with van der Waals surface area (Å²) in [7, 11) is -3.94. The van der Waals surface area contributed by atoms with Gasteiger partial charge in [-0.3, -0.25) is 10.1 Å². The summed E-state index contributed by atoms with van der Waals surface area (Å²) in [5.74, 6) is 0.571. The van der Waals surface area contributed by atoms with Crippen molar-refractivity contribution in [1.82, 2.24) is 14.7 Å². The molecule has 0 fully saturated rings. The fourth-order valence-electron chi connectivity index (χ4n) is 2.90. The summed E-state index contributed by atoms with van der Waals surface area (Å²) in [6, 6.07) is 10.6. The van der Waals surface area contributed by atoms with Crippen LogP contribution in [0, 0.1) is 0 Å². The number of sulfonamides is 1. The molecule has 29 heavy (non-hydrogen) atoms. The number of ether oxygens (including phenoxy) is 2. The van der Waals surface area contributed by atoms with Crippen LogP contribution in [0.3, 0.4) is 0 Å². The van der Waals surface area contributed by atoms with Crippen molar-refractivity contribution < 1.29 is 22.7 Å². The number of aromatic nitrogens is 2. The van der Waals surface area contributed by atoms with Gasteiger partial charge in [0.25, 0.3) is 0 Å². The number of nitrogens with one attached hydrogen (secondary N) is 3. The molecule has 10 heteroatoms. The molecule has 1 aromatic heterocycles. The third kappa shape index (κ3) is 4.17. The van der Waals surface area contributed by atoms with Crippen LogP contribution >= 0.6 is 0 Å². The lowest BCUT2D eigenvalue weighted by molar-refractivity contribution is -0.117. The number of rotatable bonds is 5. The monoisotopic (exact) mass is 416 g/mol. The molecule has 1 aliphatic heterocycles. The minimum atomic E-state index is -3.94. The molecule has 1 aliphatic rings. The minimum absolute atomic E-state index is 0.00913. The Kier molecular flexibility index (Phi) is 5.12. The zero-order chi connectivity index (χ0) is 20.4. The summed E-state index contributed by atoms with van der Waals surface area (Å²) >= 11 is 0. The van der Waals surface area contributed by atoms with Crippen LogP contribution in [0.1, 0.15) is 13.3 Å². The van der Waals surface area contributed by atoms with Crippen molar-refractivity contribution in [3.63, 3.8) is 0 Å². The quantitative estimate of drug-likeness (QED) is 0.585. The summed E-state index contributed by atoms with van der Waals surface area (Å²) in [5, 5.41) is 2.59. The predicted molar refractivity (Wildman–Crippen MR) is 107 cm³/mol. The molecule has 0 saturated heterocycles. The molecule has 0 radical (unpaired) electrons. The van der Waals surface area contributed by atoms with E-state index in [-0.39, 0.29) is 10.8 Å². The molecule has 9 nitrogen and oxygen atoms in total. The number of nitrogens with zero attached hydrogens (tertiary/aromatic N) is 1. The molecule has 1 amide bonds. The Morgan fingerprint density at radius 1 is 1.14 bits per heavy atom. The largest absolute Gasteiger partial charge is 0.490 e. The summed E-state index contributed by atoms with van der Waals surface area (Å²) < 4.78 is 38.8. The number of fused-ring (bicyclic) bond motifs is 2. The number of carbonyl (C=O) groups is 1. The minimum Gasteiger partial charge on any atom is -0.490 e. The first-order valence-corrected chi connectivity index (χ1v) is 10.6. The summed E-state index contributed by atoms with van der Waals surface area (Å²) in [6.45, 7) is 2.41. The van der Waals surface area contributed by atoms with E-state index in [1.54, 1.807) is 12.1 Å². The predicted octanol–water partition coefficient (Wildman–Crippen LogP) is 2.03. The van der Waals surface area contributed by atoms with Crippen LogP contribution in [0.2, 0.25) is 0 Å². The second kappa shape index (κ2) is 7.72. The fraction of sp³-hybridized carbons (Fsp3) is 0.263. The summed E-state index contributed by atoms with van der Waals surface area (Å²) in [6.07, 6.45) is 0.716. The van der Waals surface area contributed by atoms with Crippen LogP contribution in [0.5, 0.6) is 11.5 Å².